The molecule has 0 N–H and O–H groups in total. The van der Waals surface area contributed by atoms with E-state index in [1.807, 2.05) is 6.92 Å². The maximum absolute atomic E-state index is 12.2. The van der Waals surface area contributed by atoms with Gasteiger partial charge in [-0.2, -0.15) is 14.2 Å². The number of aromatic nitrogens is 2. The minimum absolute atomic E-state index is 0.249. The first kappa shape index (κ1) is 24.7. The van der Waals surface area contributed by atoms with Crippen molar-refractivity contribution in [3.05, 3.63) is 50.3 Å². The van der Waals surface area contributed by atoms with E-state index in [1.165, 1.54) is 4.57 Å². The second-order valence-electron chi connectivity index (χ2n) is 4.91. The zero-order chi connectivity index (χ0) is 20.4. The van der Waals surface area contributed by atoms with Gasteiger partial charge in [0.15, 0.2) is 0 Å². The van der Waals surface area contributed by atoms with E-state index in [1.54, 1.807) is 31.2 Å². The van der Waals surface area contributed by atoms with Crippen LogP contribution in [0.3, 0.4) is 0 Å². The van der Waals surface area contributed by atoms with Crippen LogP contribution in [0.4, 0.5) is 0 Å². The van der Waals surface area contributed by atoms with Gasteiger partial charge in [0.05, 0.1) is 18.7 Å². The predicted octanol–water partition coefficient (Wildman–Crippen LogP) is 5.21. The first-order chi connectivity index (χ1) is 11.5. The molecule has 0 aliphatic rings. The van der Waals surface area contributed by atoms with E-state index in [0.29, 0.717) is 17.1 Å². The summed E-state index contributed by atoms with van der Waals surface area (Å²) in [5.41, 5.74) is 0.273. The molecule has 0 unspecified atom stereocenters. The summed E-state index contributed by atoms with van der Waals surface area (Å²) in [4.78, 5) is 23.9. The fourth-order valence-corrected chi connectivity index (χ4v) is 1.98. The van der Waals surface area contributed by atoms with Crippen molar-refractivity contribution in [2.75, 3.05) is 0 Å². The van der Waals surface area contributed by atoms with Crippen molar-refractivity contribution in [1.82, 2.24) is 4.57 Å². The van der Waals surface area contributed by atoms with Crippen LogP contribution in [-0.4, -0.2) is 13.7 Å². The van der Waals surface area contributed by atoms with Crippen LogP contribution in [-0.2, 0) is 13.1 Å². The van der Waals surface area contributed by atoms with Crippen LogP contribution in [0.15, 0.2) is 38.3 Å². The molecule has 2 rings (SSSR count). The average molecular weight is 616 g/mol. The zero-order valence-electron chi connectivity index (χ0n) is 13.4. The Kier molecular flexibility index (Phi) is 7.79. The SMILES string of the molecule is CCn1c(=O)oc(-c2ccc(Cl)cc2)[n+](CC)c1=O.[Cl][Sb-]([Cl])([Cl])([Cl])([Cl])[Cl]. The molecule has 0 amide bonds. The van der Waals surface area contributed by atoms with Gasteiger partial charge >= 0.3 is 79.5 Å². The molecule has 0 saturated heterocycles. The van der Waals surface area contributed by atoms with E-state index in [2.05, 4.69) is 0 Å². The molecule has 148 valence electrons. The summed E-state index contributed by atoms with van der Waals surface area (Å²) < 4.78 is 7.74. The van der Waals surface area contributed by atoms with Gasteiger partial charge in [-0.3, -0.25) is 0 Å². The summed E-state index contributed by atoms with van der Waals surface area (Å²) >= 11 is 5.82. The number of nitrogens with zero attached hydrogens (tertiary/aromatic N) is 2. The molecule has 0 aliphatic heterocycles. The standard InChI is InChI=1S/C13H14ClN2O3.6ClH.Sb/c1-3-15-11(9-5-7-10(14)8-6-9)19-13(18)16(4-2)12(15)17;;;;;;;/h5-8H,3-4H2,1-2H3;6*1H;/q+1;;;;;;;+5/p-6. The fraction of sp³-hybridized carbons (Fsp3) is 0.308. The van der Waals surface area contributed by atoms with Crippen molar-refractivity contribution in [3.8, 4) is 11.5 Å². The number of benzene rings is 1. The summed E-state index contributed by atoms with van der Waals surface area (Å²) in [6.07, 6.45) is 0. The van der Waals surface area contributed by atoms with Crippen LogP contribution in [0.25, 0.3) is 11.5 Å². The third kappa shape index (κ3) is 9.25. The number of hydrogen-bond donors (Lipinski definition) is 0. The number of rotatable bonds is 3. The molecule has 2 aromatic rings. The molecular formula is C13H14Cl7N2O3Sb. The molecule has 26 heavy (non-hydrogen) atoms. The molecule has 0 fully saturated rings. The Morgan fingerprint density at radius 2 is 1.46 bits per heavy atom. The summed E-state index contributed by atoms with van der Waals surface area (Å²) in [6, 6.07) is 6.79. The Morgan fingerprint density at radius 1 is 1.00 bits per heavy atom. The van der Waals surface area contributed by atoms with E-state index in [9.17, 15) is 9.59 Å². The zero-order valence-corrected chi connectivity index (χ0v) is 21.3. The predicted molar refractivity (Wildman–Crippen MR) is 112 cm³/mol. The molecule has 1 aromatic carbocycles. The summed E-state index contributed by atoms with van der Waals surface area (Å²) in [7, 11) is 25.0. The maximum atomic E-state index is 12.2. The molecule has 1 aromatic heterocycles. The summed E-state index contributed by atoms with van der Waals surface area (Å²) in [6.45, 7) is 4.24. The molecule has 0 saturated carbocycles. The third-order valence-electron chi connectivity index (χ3n) is 2.83. The van der Waals surface area contributed by atoms with Crippen molar-refractivity contribution < 1.29 is 8.98 Å². The Bertz CT molecular complexity index is 892. The van der Waals surface area contributed by atoms with Crippen molar-refractivity contribution in [1.29, 1.82) is 0 Å². The number of halogens is 7. The molecule has 0 aliphatic carbocycles. The van der Waals surface area contributed by atoms with Crippen LogP contribution in [0.1, 0.15) is 13.8 Å². The van der Waals surface area contributed by atoms with Crippen molar-refractivity contribution in [2.45, 2.75) is 26.9 Å². The second kappa shape index (κ2) is 8.20. The van der Waals surface area contributed by atoms with Gasteiger partial charge in [0.25, 0.3) is 0 Å². The second-order valence-corrected chi connectivity index (χ2v) is 62.2. The Labute approximate surface area is 174 Å². The van der Waals surface area contributed by atoms with Gasteiger partial charge in [-0.05, 0) is 38.1 Å². The van der Waals surface area contributed by atoms with Crippen molar-refractivity contribution in [3.63, 3.8) is 0 Å². The van der Waals surface area contributed by atoms with Crippen LogP contribution in [0, 0.1) is 0 Å². The number of hydrogen-bond acceptors (Lipinski definition) is 3. The first-order valence-corrected chi connectivity index (χ1v) is 26.8. The van der Waals surface area contributed by atoms with Gasteiger partial charge in [-0.15, -0.1) is 4.57 Å². The Morgan fingerprint density at radius 3 is 1.85 bits per heavy atom. The molecule has 5 nitrogen and oxygen atoms in total. The minimum atomic E-state index is -5.42. The van der Waals surface area contributed by atoms with Gasteiger partial charge in [0, 0.05) is 5.02 Å². The summed E-state index contributed by atoms with van der Waals surface area (Å²) in [5.74, 6) is -0.402. The monoisotopic (exact) mass is 612 g/mol. The normalized spacial score (nSPS) is 14.0. The van der Waals surface area contributed by atoms with E-state index in [-0.39, 0.29) is 18.1 Å². The van der Waals surface area contributed by atoms with E-state index < -0.39 is 14.9 Å². The molecule has 1 heterocycles. The van der Waals surface area contributed by atoms with Gasteiger partial charge < -0.3 is 4.42 Å². The molecule has 0 radical (unpaired) electrons. The van der Waals surface area contributed by atoms with Gasteiger partial charge in [-0.25, -0.2) is 0 Å². The Balaban J connectivity index is 0.000000412. The quantitative estimate of drug-likeness (QED) is 0.352. The van der Waals surface area contributed by atoms with Crippen LogP contribution >= 0.6 is 64.6 Å². The fourth-order valence-electron chi connectivity index (χ4n) is 1.85. The first-order valence-electron chi connectivity index (χ1n) is 7.03. The van der Waals surface area contributed by atoms with Crippen molar-refractivity contribution >= 4 is 73.7 Å². The van der Waals surface area contributed by atoms with Gasteiger partial charge in [-0.1, -0.05) is 11.6 Å². The average Bonchev–Trinajstić information content (AvgIpc) is 2.45. The van der Waals surface area contributed by atoms with Gasteiger partial charge in [0.1, 0.15) is 0 Å². The third-order valence-corrected chi connectivity index (χ3v) is 3.09. The van der Waals surface area contributed by atoms with Gasteiger partial charge in [0.2, 0.25) is 0 Å². The molecule has 0 spiro atoms. The molecule has 0 bridgehead atoms. The molecule has 13 heteroatoms. The Hall–Kier alpha value is 0.678. The van der Waals surface area contributed by atoms with Crippen LogP contribution in [0.2, 0.25) is 5.02 Å². The topological polar surface area (TPSA) is 56.1 Å². The molecule has 0 atom stereocenters. The summed E-state index contributed by atoms with van der Waals surface area (Å²) in [5, 5.41) is 0.580. The van der Waals surface area contributed by atoms with Crippen LogP contribution in [0.5, 0.6) is 0 Å². The van der Waals surface area contributed by atoms with Crippen molar-refractivity contribution in [2.24, 2.45) is 0 Å². The van der Waals surface area contributed by atoms with Crippen LogP contribution < -0.4 is 16.0 Å². The van der Waals surface area contributed by atoms with E-state index in [0.717, 1.165) is 4.57 Å². The van der Waals surface area contributed by atoms with E-state index >= 15 is 0 Å². The van der Waals surface area contributed by atoms with E-state index in [4.69, 9.17) is 69.0 Å². The molecular weight excluding hydrogens is 602 g/mol.